The second kappa shape index (κ2) is 12.2. The minimum atomic E-state index is -5.84. The van der Waals surface area contributed by atoms with Gasteiger partial charge in [0, 0.05) is 0 Å². The Labute approximate surface area is 246 Å². The van der Waals surface area contributed by atoms with Crippen LogP contribution in [0.25, 0.3) is 0 Å². The fraction of sp³-hybridized carbons (Fsp3) is 0.852. The van der Waals surface area contributed by atoms with Crippen LogP contribution in [0.4, 0.5) is 8.78 Å². The Kier molecular flexibility index (Phi) is 9.04. The summed E-state index contributed by atoms with van der Waals surface area (Å²) in [5.41, 5.74) is -0.600. The molecule has 5 fully saturated rings. The van der Waals surface area contributed by atoms with Gasteiger partial charge in [-0.2, -0.15) is 17.2 Å². The molecule has 43 heavy (non-hydrogen) atoms. The fourth-order valence-electron chi connectivity index (χ4n) is 7.29. The van der Waals surface area contributed by atoms with Crippen molar-refractivity contribution in [3.05, 3.63) is 0 Å². The average molecular weight is 639 g/mol. The van der Waals surface area contributed by atoms with Crippen molar-refractivity contribution in [1.82, 2.24) is 0 Å². The Morgan fingerprint density at radius 2 is 1.63 bits per heavy atom. The summed E-state index contributed by atoms with van der Waals surface area (Å²) in [6.45, 7) is -1.32. The van der Waals surface area contributed by atoms with Crippen LogP contribution >= 0.6 is 0 Å². The highest BCUT2D eigenvalue weighted by molar-refractivity contribution is 7.86. The van der Waals surface area contributed by atoms with E-state index >= 15 is 0 Å². The van der Waals surface area contributed by atoms with Gasteiger partial charge in [0.15, 0.2) is 18.3 Å². The summed E-state index contributed by atoms with van der Waals surface area (Å²) >= 11 is 0. The van der Waals surface area contributed by atoms with Crippen molar-refractivity contribution in [3.8, 4) is 0 Å². The molecule has 0 aromatic carbocycles. The third-order valence-corrected chi connectivity index (χ3v) is 10.4. The number of hydrogen-bond donors (Lipinski definition) is 1. The van der Waals surface area contributed by atoms with Gasteiger partial charge in [-0.25, -0.2) is 9.59 Å². The van der Waals surface area contributed by atoms with Crippen LogP contribution in [0.1, 0.15) is 71.1 Å². The highest BCUT2D eigenvalue weighted by atomic mass is 32.2. The third kappa shape index (κ3) is 6.12. The van der Waals surface area contributed by atoms with E-state index in [1.807, 2.05) is 0 Å². The molecule has 7 unspecified atom stereocenters. The topological polar surface area (TPSA) is 178 Å². The molecule has 2 aliphatic carbocycles. The SMILES string of the molecule is CC(OC(=O)COCC(=O)OC1C2OC(=O)C3C2OC1C3C(=O)OC1(C2CCCCC2)CCCCC1)C(F)(F)S(=O)(=O)O. The van der Waals surface area contributed by atoms with E-state index in [2.05, 4.69) is 4.74 Å². The summed E-state index contributed by atoms with van der Waals surface area (Å²) in [7, 11) is -5.84. The normalized spacial score (nSPS) is 32.6. The number of fused-ring (bicyclic) bond motifs is 1. The molecular formula is C27H36F2O13S. The van der Waals surface area contributed by atoms with Crippen molar-refractivity contribution in [2.75, 3.05) is 13.2 Å². The van der Waals surface area contributed by atoms with E-state index in [-0.39, 0.29) is 5.92 Å². The smallest absolute Gasteiger partial charge is 0.405 e. The molecule has 13 nitrogen and oxygen atoms in total. The second-order valence-electron chi connectivity index (χ2n) is 12.0. The first-order valence-electron chi connectivity index (χ1n) is 14.7. The van der Waals surface area contributed by atoms with Crippen LogP contribution < -0.4 is 0 Å². The van der Waals surface area contributed by atoms with E-state index in [9.17, 15) is 36.4 Å². The molecule has 3 saturated heterocycles. The molecule has 5 aliphatic rings. The molecule has 2 saturated carbocycles. The molecule has 2 bridgehead atoms. The Balaban J connectivity index is 1.18. The molecule has 242 valence electrons. The van der Waals surface area contributed by atoms with Crippen molar-refractivity contribution in [2.24, 2.45) is 17.8 Å². The van der Waals surface area contributed by atoms with Gasteiger partial charge in [0.25, 0.3) is 0 Å². The number of ether oxygens (including phenoxy) is 6. The summed E-state index contributed by atoms with van der Waals surface area (Å²) in [5.74, 6) is -5.33. The highest BCUT2D eigenvalue weighted by Crippen LogP contribution is 2.53. The lowest BCUT2D eigenvalue weighted by Gasteiger charge is -2.45. The molecule has 3 aliphatic heterocycles. The Bertz CT molecular complexity index is 1210. The number of halogens is 2. The van der Waals surface area contributed by atoms with E-state index in [4.69, 9.17) is 28.2 Å². The fourth-order valence-corrected chi connectivity index (χ4v) is 7.76. The highest BCUT2D eigenvalue weighted by Gasteiger charge is 2.72. The number of carbonyl (C=O) groups is 4. The van der Waals surface area contributed by atoms with Crippen LogP contribution in [-0.2, 0) is 57.7 Å². The molecule has 0 radical (unpaired) electrons. The summed E-state index contributed by atoms with van der Waals surface area (Å²) in [4.78, 5) is 50.8. The van der Waals surface area contributed by atoms with Crippen molar-refractivity contribution >= 4 is 34.0 Å². The predicted molar refractivity (Wildman–Crippen MR) is 137 cm³/mol. The van der Waals surface area contributed by atoms with Gasteiger partial charge >= 0.3 is 39.2 Å². The molecule has 1 N–H and O–H groups in total. The zero-order chi connectivity index (χ0) is 31.2. The molecular weight excluding hydrogens is 602 g/mol. The van der Waals surface area contributed by atoms with Crippen molar-refractivity contribution in [1.29, 1.82) is 0 Å². The summed E-state index contributed by atoms with van der Waals surface area (Å²) in [6.07, 6.45) is 3.31. The van der Waals surface area contributed by atoms with Crippen molar-refractivity contribution in [3.63, 3.8) is 0 Å². The molecule has 16 heteroatoms. The van der Waals surface area contributed by atoms with E-state index in [1.165, 1.54) is 0 Å². The lowest BCUT2D eigenvalue weighted by molar-refractivity contribution is -0.185. The number of carbonyl (C=O) groups excluding carboxylic acids is 4. The molecule has 5 rings (SSSR count). The molecule has 0 spiro atoms. The lowest BCUT2D eigenvalue weighted by atomic mass is 9.69. The van der Waals surface area contributed by atoms with Gasteiger partial charge in [0.2, 0.25) is 0 Å². The first-order chi connectivity index (χ1) is 20.2. The first kappa shape index (κ1) is 32.0. The Morgan fingerprint density at radius 1 is 1.00 bits per heavy atom. The van der Waals surface area contributed by atoms with Crippen molar-refractivity contribution < 1.29 is 69.4 Å². The van der Waals surface area contributed by atoms with E-state index < -0.39 is 100 Å². The number of rotatable bonds is 11. The van der Waals surface area contributed by atoms with Crippen molar-refractivity contribution in [2.45, 2.75) is 113 Å². The summed E-state index contributed by atoms with van der Waals surface area (Å²) < 4.78 is 89.5. The Morgan fingerprint density at radius 3 is 2.28 bits per heavy atom. The maximum absolute atomic E-state index is 13.8. The monoisotopic (exact) mass is 638 g/mol. The van der Waals surface area contributed by atoms with Crippen LogP contribution in [0.15, 0.2) is 0 Å². The van der Waals surface area contributed by atoms with Gasteiger partial charge in [-0.15, -0.1) is 0 Å². The van der Waals surface area contributed by atoms with E-state index in [1.54, 1.807) is 0 Å². The lowest BCUT2D eigenvalue weighted by Crippen LogP contribution is -2.52. The van der Waals surface area contributed by atoms with Gasteiger partial charge in [0.05, 0.1) is 0 Å². The minimum Gasteiger partial charge on any atom is -0.458 e. The van der Waals surface area contributed by atoms with Crippen LogP contribution in [0.3, 0.4) is 0 Å². The first-order valence-corrected chi connectivity index (χ1v) is 16.1. The van der Waals surface area contributed by atoms with Gasteiger partial charge < -0.3 is 28.4 Å². The third-order valence-electron chi connectivity index (χ3n) is 9.36. The zero-order valence-corrected chi connectivity index (χ0v) is 24.4. The van der Waals surface area contributed by atoms with Crippen LogP contribution in [-0.4, -0.2) is 91.4 Å². The second-order valence-corrected chi connectivity index (χ2v) is 13.5. The molecule has 0 amide bonds. The number of hydrogen-bond acceptors (Lipinski definition) is 12. The van der Waals surface area contributed by atoms with E-state index in [0.29, 0.717) is 6.92 Å². The van der Waals surface area contributed by atoms with Gasteiger partial charge in [-0.3, -0.25) is 14.1 Å². The van der Waals surface area contributed by atoms with Gasteiger partial charge in [-0.1, -0.05) is 25.7 Å². The molecule has 0 aromatic heterocycles. The molecule has 0 aromatic rings. The van der Waals surface area contributed by atoms with Gasteiger partial charge in [-0.05, 0) is 51.4 Å². The summed E-state index contributed by atoms with van der Waals surface area (Å²) in [6, 6.07) is 0. The number of alkyl halides is 2. The predicted octanol–water partition coefficient (Wildman–Crippen LogP) is 2.09. The van der Waals surface area contributed by atoms with Crippen LogP contribution in [0.5, 0.6) is 0 Å². The van der Waals surface area contributed by atoms with E-state index in [0.717, 1.165) is 64.2 Å². The van der Waals surface area contributed by atoms with Crippen LogP contribution in [0, 0.1) is 17.8 Å². The minimum absolute atomic E-state index is 0.244. The summed E-state index contributed by atoms with van der Waals surface area (Å²) in [5, 5.41) is -4.76. The standard InChI is InChI=1S/C27H36F2O13S/c1-14(27(28,29)43(34,35)36)38-16(30)12-37-13-17(31)39-22-21-19(18-20(40-21)23(22)41-24(18)32)25(33)42-26(10-6-3-7-11-26)15-8-4-2-5-9-15/h14-15,18-23H,2-13H2,1H3,(H,34,35,36). The maximum Gasteiger partial charge on any atom is 0.405 e. The molecule has 7 atom stereocenters. The van der Waals surface area contributed by atoms with Crippen LogP contribution in [0.2, 0.25) is 0 Å². The van der Waals surface area contributed by atoms with Gasteiger partial charge in [0.1, 0.15) is 42.9 Å². The zero-order valence-electron chi connectivity index (χ0n) is 23.6. The number of esters is 4. The maximum atomic E-state index is 13.8. The average Bonchev–Trinajstić information content (AvgIpc) is 3.57. The quantitative estimate of drug-likeness (QED) is 0.198. The Hall–Kier alpha value is -2.43. The molecule has 3 heterocycles. The largest absolute Gasteiger partial charge is 0.458 e.